The first-order chi connectivity index (χ1) is 11.7. The first-order valence-corrected chi connectivity index (χ1v) is 8.88. The Balaban J connectivity index is 1.47. The molecule has 126 valence electrons. The molecule has 1 saturated heterocycles. The van der Waals surface area contributed by atoms with Gasteiger partial charge in [0.1, 0.15) is 0 Å². The largest absolute Gasteiger partial charge is 0.295 e. The Kier molecular flexibility index (Phi) is 5.65. The summed E-state index contributed by atoms with van der Waals surface area (Å²) >= 11 is 0. The molecule has 0 unspecified atom stereocenters. The van der Waals surface area contributed by atoms with Gasteiger partial charge in [0.25, 0.3) is 0 Å². The zero-order valence-electron chi connectivity index (χ0n) is 14.8. The SMILES string of the molecule is CCc1ccc(/C=N\N2CCN(Cc3ccc(C)cc3)CC2)cc1. The van der Waals surface area contributed by atoms with Gasteiger partial charge in [-0.05, 0) is 30.0 Å². The van der Waals surface area contributed by atoms with Crippen molar-refractivity contribution in [2.75, 3.05) is 26.2 Å². The molecule has 0 radical (unpaired) electrons. The summed E-state index contributed by atoms with van der Waals surface area (Å²) in [5.74, 6) is 0. The molecule has 1 fully saturated rings. The highest BCUT2D eigenvalue weighted by Crippen LogP contribution is 2.10. The van der Waals surface area contributed by atoms with E-state index in [4.69, 9.17) is 0 Å². The van der Waals surface area contributed by atoms with E-state index in [0.29, 0.717) is 0 Å². The highest BCUT2D eigenvalue weighted by molar-refractivity contribution is 5.79. The van der Waals surface area contributed by atoms with E-state index in [-0.39, 0.29) is 0 Å². The third-order valence-corrected chi connectivity index (χ3v) is 4.63. The molecule has 0 amide bonds. The molecule has 0 N–H and O–H groups in total. The number of hydrazone groups is 1. The number of aryl methyl sites for hydroxylation is 2. The van der Waals surface area contributed by atoms with Crippen LogP contribution in [0.25, 0.3) is 0 Å². The summed E-state index contributed by atoms with van der Waals surface area (Å²) < 4.78 is 0. The van der Waals surface area contributed by atoms with Crippen LogP contribution in [0.1, 0.15) is 29.2 Å². The van der Waals surface area contributed by atoms with Crippen LogP contribution in [-0.4, -0.2) is 42.3 Å². The fourth-order valence-electron chi connectivity index (χ4n) is 2.95. The number of piperazine rings is 1. The molecule has 0 aromatic heterocycles. The molecule has 2 aromatic carbocycles. The molecule has 24 heavy (non-hydrogen) atoms. The highest BCUT2D eigenvalue weighted by atomic mass is 15.5. The van der Waals surface area contributed by atoms with Crippen molar-refractivity contribution in [3.63, 3.8) is 0 Å². The number of hydrogen-bond donors (Lipinski definition) is 0. The van der Waals surface area contributed by atoms with Crippen LogP contribution in [0, 0.1) is 6.92 Å². The van der Waals surface area contributed by atoms with E-state index in [9.17, 15) is 0 Å². The van der Waals surface area contributed by atoms with Crippen molar-refractivity contribution in [1.82, 2.24) is 9.91 Å². The quantitative estimate of drug-likeness (QED) is 0.782. The van der Waals surface area contributed by atoms with Crippen LogP contribution in [0.4, 0.5) is 0 Å². The fraction of sp³-hybridized carbons (Fsp3) is 0.381. The molecule has 2 aromatic rings. The van der Waals surface area contributed by atoms with Gasteiger partial charge < -0.3 is 0 Å². The minimum atomic E-state index is 0.995. The molecular formula is C21H27N3. The normalized spacial score (nSPS) is 16.0. The maximum atomic E-state index is 4.64. The second kappa shape index (κ2) is 8.11. The van der Waals surface area contributed by atoms with Crippen molar-refractivity contribution < 1.29 is 0 Å². The zero-order valence-corrected chi connectivity index (χ0v) is 14.8. The molecule has 0 bridgehead atoms. The first-order valence-electron chi connectivity index (χ1n) is 8.88. The average molecular weight is 321 g/mol. The van der Waals surface area contributed by atoms with Crippen molar-refractivity contribution in [3.05, 3.63) is 70.8 Å². The van der Waals surface area contributed by atoms with Crippen LogP contribution in [0.15, 0.2) is 53.6 Å². The van der Waals surface area contributed by atoms with Gasteiger partial charge >= 0.3 is 0 Å². The van der Waals surface area contributed by atoms with Gasteiger partial charge in [0.2, 0.25) is 0 Å². The number of nitrogens with zero attached hydrogens (tertiary/aromatic N) is 3. The summed E-state index contributed by atoms with van der Waals surface area (Å²) in [5, 5.41) is 6.82. The van der Waals surface area contributed by atoms with Crippen LogP contribution in [-0.2, 0) is 13.0 Å². The molecule has 1 heterocycles. The van der Waals surface area contributed by atoms with Crippen LogP contribution in [0.2, 0.25) is 0 Å². The van der Waals surface area contributed by atoms with Gasteiger partial charge in [-0.1, -0.05) is 61.0 Å². The van der Waals surface area contributed by atoms with E-state index in [2.05, 4.69) is 77.4 Å². The predicted octanol–water partition coefficient (Wildman–Crippen LogP) is 3.71. The molecule has 0 saturated carbocycles. The van der Waals surface area contributed by atoms with Gasteiger partial charge in [-0.2, -0.15) is 5.10 Å². The third kappa shape index (κ3) is 4.68. The maximum absolute atomic E-state index is 4.64. The van der Waals surface area contributed by atoms with Crippen molar-refractivity contribution in [3.8, 4) is 0 Å². The van der Waals surface area contributed by atoms with Gasteiger partial charge in [-0.25, -0.2) is 0 Å². The first kappa shape index (κ1) is 16.7. The lowest BCUT2D eigenvalue weighted by molar-refractivity contribution is 0.131. The second-order valence-electron chi connectivity index (χ2n) is 6.56. The molecule has 1 aliphatic heterocycles. The average Bonchev–Trinajstić information content (AvgIpc) is 2.63. The zero-order chi connectivity index (χ0) is 16.8. The van der Waals surface area contributed by atoms with Gasteiger partial charge in [-0.15, -0.1) is 0 Å². The van der Waals surface area contributed by atoms with Crippen LogP contribution in [0.5, 0.6) is 0 Å². The van der Waals surface area contributed by atoms with Crippen LogP contribution >= 0.6 is 0 Å². The van der Waals surface area contributed by atoms with Gasteiger partial charge in [-0.3, -0.25) is 9.91 Å². The minimum absolute atomic E-state index is 0.995. The van der Waals surface area contributed by atoms with Crippen molar-refractivity contribution in [2.45, 2.75) is 26.8 Å². The summed E-state index contributed by atoms with van der Waals surface area (Å²) in [6.07, 6.45) is 3.06. The topological polar surface area (TPSA) is 18.8 Å². The molecule has 3 nitrogen and oxygen atoms in total. The predicted molar refractivity (Wildman–Crippen MR) is 101 cm³/mol. The lowest BCUT2D eigenvalue weighted by Crippen LogP contribution is -2.43. The monoisotopic (exact) mass is 321 g/mol. The smallest absolute Gasteiger partial charge is 0.0542 e. The van der Waals surface area contributed by atoms with Gasteiger partial charge in [0, 0.05) is 32.7 Å². The molecule has 0 aliphatic carbocycles. The second-order valence-corrected chi connectivity index (χ2v) is 6.56. The Morgan fingerprint density at radius 1 is 0.875 bits per heavy atom. The highest BCUT2D eigenvalue weighted by Gasteiger charge is 2.15. The minimum Gasteiger partial charge on any atom is -0.295 e. The molecule has 1 aliphatic rings. The van der Waals surface area contributed by atoms with Crippen molar-refractivity contribution in [1.29, 1.82) is 0 Å². The van der Waals surface area contributed by atoms with E-state index in [1.165, 1.54) is 22.3 Å². The van der Waals surface area contributed by atoms with Crippen molar-refractivity contribution in [2.24, 2.45) is 5.10 Å². The number of rotatable bonds is 5. The molecule has 3 heteroatoms. The Morgan fingerprint density at radius 3 is 2.12 bits per heavy atom. The third-order valence-electron chi connectivity index (χ3n) is 4.63. The maximum Gasteiger partial charge on any atom is 0.0542 e. The van der Waals surface area contributed by atoms with E-state index < -0.39 is 0 Å². The molecular weight excluding hydrogens is 294 g/mol. The Hall–Kier alpha value is -2.13. The standard InChI is InChI=1S/C21H27N3/c1-3-19-8-10-20(11-9-19)16-22-24-14-12-23(13-15-24)17-21-6-4-18(2)5-7-21/h4-11,16H,3,12-15,17H2,1-2H3/b22-16-. The molecule has 3 rings (SSSR count). The Labute approximate surface area is 145 Å². The summed E-state index contributed by atoms with van der Waals surface area (Å²) in [6, 6.07) is 17.5. The van der Waals surface area contributed by atoms with E-state index in [1.807, 2.05) is 6.21 Å². The summed E-state index contributed by atoms with van der Waals surface area (Å²) in [6.45, 7) is 9.48. The summed E-state index contributed by atoms with van der Waals surface area (Å²) in [7, 11) is 0. The number of hydrogen-bond acceptors (Lipinski definition) is 3. The molecule has 0 spiro atoms. The van der Waals surface area contributed by atoms with Crippen molar-refractivity contribution >= 4 is 6.21 Å². The lowest BCUT2D eigenvalue weighted by atomic mass is 10.1. The Morgan fingerprint density at radius 2 is 1.50 bits per heavy atom. The lowest BCUT2D eigenvalue weighted by Gasteiger charge is -2.33. The van der Waals surface area contributed by atoms with Gasteiger partial charge in [0.15, 0.2) is 0 Å². The Bertz CT molecular complexity index is 650. The van der Waals surface area contributed by atoms with Gasteiger partial charge in [0.05, 0.1) is 6.21 Å². The van der Waals surface area contributed by atoms with E-state index in [0.717, 1.165) is 39.1 Å². The summed E-state index contributed by atoms with van der Waals surface area (Å²) in [4.78, 5) is 2.51. The van der Waals surface area contributed by atoms with Crippen LogP contribution < -0.4 is 0 Å². The summed E-state index contributed by atoms with van der Waals surface area (Å²) in [5.41, 5.74) is 5.27. The fourth-order valence-corrected chi connectivity index (χ4v) is 2.95. The van der Waals surface area contributed by atoms with E-state index >= 15 is 0 Å². The van der Waals surface area contributed by atoms with E-state index in [1.54, 1.807) is 0 Å². The molecule has 0 atom stereocenters. The van der Waals surface area contributed by atoms with Crippen LogP contribution in [0.3, 0.4) is 0 Å². The number of benzene rings is 2.